The fraction of sp³-hybridized carbons (Fsp3) is 0.667. The molecule has 7 heteroatoms. The quantitative estimate of drug-likeness (QED) is 0.682. The summed E-state index contributed by atoms with van der Waals surface area (Å²) in [5.41, 5.74) is 3.26. The first kappa shape index (κ1) is 23.6. The number of aliphatic hydroxyl groups is 1. The van der Waals surface area contributed by atoms with E-state index in [-0.39, 0.29) is 24.0 Å². The Kier molecular flexibility index (Phi) is 6.62. The number of H-pyrrole nitrogens is 1. The number of piperidine rings is 1. The number of nitrogens with zero attached hydrogens (tertiary/aromatic N) is 3. The molecule has 0 bridgehead atoms. The monoisotopic (exact) mass is 468 g/mol. The van der Waals surface area contributed by atoms with Crippen molar-refractivity contribution in [3.8, 4) is 5.75 Å². The van der Waals surface area contributed by atoms with E-state index >= 15 is 0 Å². The van der Waals surface area contributed by atoms with Gasteiger partial charge in [0.15, 0.2) is 0 Å². The molecule has 1 spiro atoms. The van der Waals surface area contributed by atoms with E-state index in [0.717, 1.165) is 48.8 Å². The van der Waals surface area contributed by atoms with Gasteiger partial charge in [0.2, 0.25) is 5.91 Å². The van der Waals surface area contributed by atoms with Crippen LogP contribution in [0.25, 0.3) is 10.9 Å². The van der Waals surface area contributed by atoms with Crippen LogP contribution in [-0.2, 0) is 10.2 Å². The lowest BCUT2D eigenvalue weighted by Gasteiger charge is -2.50. The Hall–Kier alpha value is -2.09. The topological polar surface area (TPSA) is 72.0 Å². The molecule has 0 unspecified atom stereocenters. The number of aromatic amines is 1. The van der Waals surface area contributed by atoms with E-state index in [1.54, 1.807) is 7.11 Å². The van der Waals surface area contributed by atoms with Gasteiger partial charge in [-0.3, -0.25) is 4.79 Å². The van der Waals surface area contributed by atoms with Gasteiger partial charge in [-0.05, 0) is 76.5 Å². The largest absolute Gasteiger partial charge is 0.497 e. The molecule has 2 N–H and O–H groups in total. The molecule has 1 aliphatic carbocycles. The third-order valence-electron chi connectivity index (χ3n) is 8.50. The number of nitrogens with one attached hydrogen (secondary N) is 1. The van der Waals surface area contributed by atoms with Gasteiger partial charge in [0.25, 0.3) is 0 Å². The van der Waals surface area contributed by atoms with Crippen molar-refractivity contribution in [3.05, 3.63) is 29.5 Å². The number of aromatic nitrogens is 1. The lowest BCUT2D eigenvalue weighted by atomic mass is 9.68. The van der Waals surface area contributed by atoms with Crippen molar-refractivity contribution in [1.82, 2.24) is 19.7 Å². The highest BCUT2D eigenvalue weighted by Gasteiger charge is 2.48. The van der Waals surface area contributed by atoms with Gasteiger partial charge < -0.3 is 29.5 Å². The first-order chi connectivity index (χ1) is 16.4. The number of likely N-dealkylation sites (tertiary alicyclic amines) is 1. The lowest BCUT2D eigenvalue weighted by Crippen LogP contribution is -2.56. The molecule has 3 aliphatic rings. The number of hydrogen-bond acceptors (Lipinski definition) is 5. The number of likely N-dealkylation sites (N-methyl/N-ethyl adjacent to an activating group) is 1. The van der Waals surface area contributed by atoms with Crippen LogP contribution in [0.3, 0.4) is 0 Å². The van der Waals surface area contributed by atoms with Crippen LogP contribution in [0.1, 0.15) is 55.8 Å². The van der Waals surface area contributed by atoms with E-state index < -0.39 is 0 Å². The number of carbonyl (C=O) groups is 1. The third-order valence-corrected chi connectivity index (χ3v) is 8.50. The minimum Gasteiger partial charge on any atom is -0.497 e. The Bertz CT molecular complexity index is 1020. The average molecular weight is 469 g/mol. The summed E-state index contributed by atoms with van der Waals surface area (Å²) in [5.74, 6) is 1.75. The van der Waals surface area contributed by atoms with Crippen molar-refractivity contribution in [2.24, 2.45) is 5.92 Å². The van der Waals surface area contributed by atoms with E-state index in [2.05, 4.69) is 16.0 Å². The van der Waals surface area contributed by atoms with Crippen LogP contribution < -0.4 is 4.74 Å². The normalized spacial score (nSPS) is 23.2. The third kappa shape index (κ3) is 4.23. The number of hydrogen-bond donors (Lipinski definition) is 2. The number of carbonyl (C=O) groups excluding carboxylic acids is 1. The maximum atomic E-state index is 13.4. The molecule has 2 aromatic rings. The van der Waals surface area contributed by atoms with E-state index in [4.69, 9.17) is 4.74 Å². The van der Waals surface area contributed by atoms with Crippen molar-refractivity contribution >= 4 is 16.8 Å². The highest BCUT2D eigenvalue weighted by atomic mass is 16.5. The van der Waals surface area contributed by atoms with Crippen LogP contribution in [0.5, 0.6) is 5.75 Å². The van der Waals surface area contributed by atoms with Crippen molar-refractivity contribution in [1.29, 1.82) is 0 Å². The Morgan fingerprint density at radius 1 is 1.24 bits per heavy atom. The molecule has 1 amide bonds. The van der Waals surface area contributed by atoms with Crippen molar-refractivity contribution in [2.45, 2.75) is 50.0 Å². The molecular weight excluding hydrogens is 428 g/mol. The molecule has 3 heterocycles. The molecule has 7 nitrogen and oxygen atoms in total. The van der Waals surface area contributed by atoms with Gasteiger partial charge in [-0.2, -0.15) is 0 Å². The Balaban J connectivity index is 1.52. The number of benzene rings is 1. The van der Waals surface area contributed by atoms with Crippen molar-refractivity contribution in [2.75, 3.05) is 60.5 Å². The summed E-state index contributed by atoms with van der Waals surface area (Å²) in [4.78, 5) is 23.5. The number of methoxy groups -OCH3 is 1. The van der Waals surface area contributed by atoms with Crippen LogP contribution in [0.4, 0.5) is 0 Å². The van der Waals surface area contributed by atoms with Gasteiger partial charge in [0.05, 0.1) is 26.3 Å². The highest BCUT2D eigenvalue weighted by Crippen LogP contribution is 2.49. The van der Waals surface area contributed by atoms with Crippen molar-refractivity contribution in [3.63, 3.8) is 0 Å². The fourth-order valence-electron chi connectivity index (χ4n) is 6.76. The minimum absolute atomic E-state index is 0.0821. The standard InChI is InChI=1S/C27H40N4O3/c1-29(2)16-24(33)31-18-27(10-12-30(13-11-27)15-19-6-4-5-7-19)25-21-9-8-20(34-3)14-22(21)28-26(25)23(31)17-32/h8-9,14,19,23,28,32H,4-7,10-13,15-18H2,1-3H3/t23-/m1/s1. The van der Waals surface area contributed by atoms with Gasteiger partial charge in [0, 0.05) is 41.2 Å². The van der Waals surface area contributed by atoms with Gasteiger partial charge in [0.1, 0.15) is 5.75 Å². The van der Waals surface area contributed by atoms with Gasteiger partial charge in [-0.25, -0.2) is 0 Å². The summed E-state index contributed by atoms with van der Waals surface area (Å²) in [6, 6.07) is 5.87. The summed E-state index contributed by atoms with van der Waals surface area (Å²) < 4.78 is 5.48. The zero-order valence-electron chi connectivity index (χ0n) is 21.0. The summed E-state index contributed by atoms with van der Waals surface area (Å²) in [6.45, 7) is 4.30. The number of ether oxygens (including phenoxy) is 1. The van der Waals surface area contributed by atoms with E-state index in [1.165, 1.54) is 43.2 Å². The predicted octanol–water partition coefficient (Wildman–Crippen LogP) is 3.14. The fourth-order valence-corrected chi connectivity index (χ4v) is 6.76. The van der Waals surface area contributed by atoms with Crippen LogP contribution in [0.15, 0.2) is 18.2 Å². The molecule has 2 aliphatic heterocycles. The summed E-state index contributed by atoms with van der Waals surface area (Å²) in [7, 11) is 5.53. The Morgan fingerprint density at radius 3 is 2.62 bits per heavy atom. The van der Waals surface area contributed by atoms with Gasteiger partial charge >= 0.3 is 0 Å². The van der Waals surface area contributed by atoms with E-state index in [9.17, 15) is 9.90 Å². The molecule has 186 valence electrons. The average Bonchev–Trinajstić information content (AvgIpc) is 3.47. The first-order valence-corrected chi connectivity index (χ1v) is 12.9. The minimum atomic E-state index is -0.344. The Labute approximate surface area is 203 Å². The zero-order chi connectivity index (χ0) is 23.9. The molecule has 1 saturated carbocycles. The molecule has 0 radical (unpaired) electrons. The number of rotatable bonds is 6. The summed E-state index contributed by atoms with van der Waals surface area (Å²) >= 11 is 0. The van der Waals surface area contributed by atoms with Crippen LogP contribution in [0.2, 0.25) is 0 Å². The molecular formula is C27H40N4O3. The second kappa shape index (κ2) is 9.51. The van der Waals surface area contributed by atoms with Crippen molar-refractivity contribution < 1.29 is 14.6 Å². The van der Waals surface area contributed by atoms with Gasteiger partial charge in [-0.1, -0.05) is 12.8 Å². The molecule has 2 fully saturated rings. The molecule has 1 saturated heterocycles. The predicted molar refractivity (Wildman–Crippen MR) is 134 cm³/mol. The number of amides is 1. The second-order valence-corrected chi connectivity index (χ2v) is 11.0. The van der Waals surface area contributed by atoms with E-state index in [1.807, 2.05) is 36.0 Å². The maximum absolute atomic E-state index is 13.4. The summed E-state index contributed by atoms with van der Waals surface area (Å²) in [6.07, 6.45) is 7.60. The molecule has 5 rings (SSSR count). The highest BCUT2D eigenvalue weighted by molar-refractivity contribution is 5.89. The molecule has 34 heavy (non-hydrogen) atoms. The molecule has 1 aromatic carbocycles. The maximum Gasteiger partial charge on any atom is 0.237 e. The lowest BCUT2D eigenvalue weighted by molar-refractivity contribution is -0.138. The SMILES string of the molecule is COc1ccc2c3c([nH]c2c1)[C@@H](CO)N(C(=O)CN(C)C)CC31CCN(CC2CCCC2)CC1. The number of aliphatic hydroxyl groups excluding tert-OH is 1. The Morgan fingerprint density at radius 2 is 1.97 bits per heavy atom. The first-order valence-electron chi connectivity index (χ1n) is 12.9. The molecule has 1 aromatic heterocycles. The number of fused-ring (bicyclic) bond motifs is 4. The zero-order valence-corrected chi connectivity index (χ0v) is 21.0. The van der Waals surface area contributed by atoms with Gasteiger partial charge in [-0.15, -0.1) is 0 Å². The van der Waals surface area contributed by atoms with Crippen LogP contribution >= 0.6 is 0 Å². The van der Waals surface area contributed by atoms with Crippen LogP contribution in [-0.4, -0.2) is 91.2 Å². The van der Waals surface area contributed by atoms with E-state index in [0.29, 0.717) is 13.1 Å². The second-order valence-electron chi connectivity index (χ2n) is 11.0. The van der Waals surface area contributed by atoms with Crippen LogP contribution in [0, 0.1) is 5.92 Å². The summed E-state index contributed by atoms with van der Waals surface area (Å²) in [5, 5.41) is 11.7. The smallest absolute Gasteiger partial charge is 0.237 e. The molecule has 1 atom stereocenters.